The molecule has 3 heterocycles. The third kappa shape index (κ3) is 3.54. The summed E-state index contributed by atoms with van der Waals surface area (Å²) in [5, 5.41) is 0.603. The lowest BCUT2D eigenvalue weighted by Gasteiger charge is -2.12. The van der Waals surface area contributed by atoms with Gasteiger partial charge in [-0.2, -0.15) is 0 Å². The van der Waals surface area contributed by atoms with Gasteiger partial charge in [0.15, 0.2) is 5.13 Å². The molecule has 0 saturated heterocycles. The highest BCUT2D eigenvalue weighted by Crippen LogP contribution is 2.30. The number of carbonyl (C=O) groups is 1. The Hall–Kier alpha value is -2.69. The highest BCUT2D eigenvalue weighted by molar-refractivity contribution is 7.90. The van der Waals surface area contributed by atoms with E-state index in [9.17, 15) is 13.2 Å². The Morgan fingerprint density at radius 1 is 1.21 bits per heavy atom. The Labute approximate surface area is 174 Å². The number of halogens is 1. The van der Waals surface area contributed by atoms with Gasteiger partial charge in [0, 0.05) is 5.69 Å². The van der Waals surface area contributed by atoms with E-state index in [1.165, 1.54) is 40.6 Å². The number of benzene rings is 1. The summed E-state index contributed by atoms with van der Waals surface area (Å²) in [4.78, 5) is 20.0. The summed E-state index contributed by atoms with van der Waals surface area (Å²) >= 11 is 7.18. The molecule has 0 fully saturated rings. The number of nitrogen functional groups attached to an aromatic ring is 1. The number of ether oxygens (including phenoxy) is 1. The summed E-state index contributed by atoms with van der Waals surface area (Å²) in [6.07, 6.45) is 0.191. The minimum atomic E-state index is -3.98. The van der Waals surface area contributed by atoms with Crippen molar-refractivity contribution < 1.29 is 17.9 Å². The van der Waals surface area contributed by atoms with Gasteiger partial charge in [-0.1, -0.05) is 22.9 Å². The molecule has 4 aromatic rings. The zero-order valence-electron chi connectivity index (χ0n) is 15.1. The lowest BCUT2D eigenvalue weighted by molar-refractivity contribution is -0.140. The second-order valence-electron chi connectivity index (χ2n) is 6.20. The predicted octanol–water partition coefficient (Wildman–Crippen LogP) is 3.22. The number of pyridine rings is 1. The van der Waals surface area contributed by atoms with E-state index in [1.54, 1.807) is 18.2 Å². The molecule has 0 atom stereocenters. The van der Waals surface area contributed by atoms with E-state index < -0.39 is 16.0 Å². The first-order chi connectivity index (χ1) is 13.8. The zero-order valence-corrected chi connectivity index (χ0v) is 17.5. The molecular weight excluding hydrogens is 436 g/mol. The van der Waals surface area contributed by atoms with Crippen molar-refractivity contribution >= 4 is 65.3 Å². The second-order valence-corrected chi connectivity index (χ2v) is 9.44. The molecule has 0 saturated carbocycles. The average molecular weight is 451 g/mol. The standard InChI is InChI=1S/C18H15ClN4O4S2/c1-27-17(24)7-2-10-8-13-14(5-6-16(19)21-13)23(10)29(25,26)11-3-4-12-15(9-11)28-18(20)22-12/h3-6,8-9H,2,7H2,1H3,(H2,20,22). The molecule has 150 valence electrons. The van der Waals surface area contributed by atoms with E-state index in [1.807, 2.05) is 0 Å². The molecule has 0 radical (unpaired) electrons. The monoisotopic (exact) mass is 450 g/mol. The number of hydrogen-bond donors (Lipinski definition) is 1. The van der Waals surface area contributed by atoms with Gasteiger partial charge in [-0.3, -0.25) is 4.79 Å². The van der Waals surface area contributed by atoms with Crippen molar-refractivity contribution in [3.8, 4) is 0 Å². The van der Waals surface area contributed by atoms with E-state index in [0.29, 0.717) is 32.1 Å². The highest BCUT2D eigenvalue weighted by atomic mass is 35.5. The maximum absolute atomic E-state index is 13.5. The van der Waals surface area contributed by atoms with Crippen molar-refractivity contribution in [3.05, 3.63) is 47.2 Å². The summed E-state index contributed by atoms with van der Waals surface area (Å²) in [5.41, 5.74) is 7.55. The number of aromatic nitrogens is 3. The van der Waals surface area contributed by atoms with Gasteiger partial charge >= 0.3 is 5.97 Å². The smallest absolute Gasteiger partial charge is 0.305 e. The van der Waals surface area contributed by atoms with Crippen LogP contribution in [0.25, 0.3) is 21.3 Å². The van der Waals surface area contributed by atoms with Crippen LogP contribution in [0, 0.1) is 0 Å². The van der Waals surface area contributed by atoms with Crippen molar-refractivity contribution in [3.63, 3.8) is 0 Å². The zero-order chi connectivity index (χ0) is 20.8. The van der Waals surface area contributed by atoms with Crippen molar-refractivity contribution in [2.24, 2.45) is 0 Å². The lowest BCUT2D eigenvalue weighted by atomic mass is 10.2. The van der Waals surface area contributed by atoms with Gasteiger partial charge < -0.3 is 10.5 Å². The van der Waals surface area contributed by atoms with Crippen LogP contribution in [-0.4, -0.2) is 35.4 Å². The third-order valence-corrected chi connectivity index (χ3v) is 7.20. The molecule has 11 heteroatoms. The molecule has 8 nitrogen and oxygen atoms in total. The number of esters is 1. The van der Waals surface area contributed by atoms with Gasteiger partial charge in [0.05, 0.1) is 39.7 Å². The first-order valence-electron chi connectivity index (χ1n) is 8.45. The SMILES string of the molecule is COC(=O)CCc1cc2nc(Cl)ccc2n1S(=O)(=O)c1ccc2nc(N)sc2c1. The Morgan fingerprint density at radius 2 is 2.00 bits per heavy atom. The van der Waals surface area contributed by atoms with Crippen LogP contribution in [0.4, 0.5) is 5.13 Å². The van der Waals surface area contributed by atoms with Crippen LogP contribution in [-0.2, 0) is 26.0 Å². The number of hydrogen-bond acceptors (Lipinski definition) is 8. The Kier molecular flexibility index (Phi) is 4.93. The van der Waals surface area contributed by atoms with Crippen LogP contribution in [0.3, 0.4) is 0 Å². The minimum Gasteiger partial charge on any atom is -0.469 e. The van der Waals surface area contributed by atoms with E-state index in [2.05, 4.69) is 14.7 Å². The molecule has 0 amide bonds. The highest BCUT2D eigenvalue weighted by Gasteiger charge is 2.25. The minimum absolute atomic E-state index is 0.0283. The summed E-state index contributed by atoms with van der Waals surface area (Å²) < 4.78 is 33.6. The van der Waals surface area contributed by atoms with Crippen LogP contribution in [0.2, 0.25) is 5.15 Å². The molecule has 0 aliphatic heterocycles. The Morgan fingerprint density at radius 3 is 2.76 bits per heavy atom. The second kappa shape index (κ2) is 7.29. The number of nitrogens with two attached hydrogens (primary N) is 1. The summed E-state index contributed by atoms with van der Waals surface area (Å²) in [7, 11) is -2.70. The average Bonchev–Trinajstić information content (AvgIpc) is 3.24. The fourth-order valence-corrected chi connectivity index (χ4v) is 5.66. The molecule has 0 unspecified atom stereocenters. The topological polar surface area (TPSA) is 117 Å². The maximum Gasteiger partial charge on any atom is 0.305 e. The fraction of sp³-hybridized carbons (Fsp3) is 0.167. The van der Waals surface area contributed by atoms with E-state index in [0.717, 1.165) is 0 Å². The van der Waals surface area contributed by atoms with Gasteiger partial charge in [0.1, 0.15) is 5.15 Å². The first kappa shape index (κ1) is 19.6. The van der Waals surface area contributed by atoms with Crippen molar-refractivity contribution in [1.82, 2.24) is 13.9 Å². The lowest BCUT2D eigenvalue weighted by Crippen LogP contribution is -2.16. The normalized spacial score (nSPS) is 11.9. The number of aryl methyl sites for hydroxylation is 1. The molecule has 0 bridgehead atoms. The molecular formula is C18H15ClN4O4S2. The molecule has 0 aliphatic carbocycles. The quantitative estimate of drug-likeness (QED) is 0.366. The molecule has 2 N–H and O–H groups in total. The van der Waals surface area contributed by atoms with E-state index >= 15 is 0 Å². The van der Waals surface area contributed by atoms with Gasteiger partial charge in [-0.25, -0.2) is 22.4 Å². The molecule has 1 aromatic carbocycles. The number of methoxy groups -OCH3 is 1. The number of thiazole rings is 1. The van der Waals surface area contributed by atoms with Crippen LogP contribution in [0.15, 0.2) is 41.3 Å². The number of nitrogens with zero attached hydrogens (tertiary/aromatic N) is 3. The summed E-state index contributed by atoms with van der Waals surface area (Å²) in [5.74, 6) is -0.438. The van der Waals surface area contributed by atoms with Crippen molar-refractivity contribution in [2.45, 2.75) is 17.7 Å². The molecule has 29 heavy (non-hydrogen) atoms. The number of rotatable bonds is 5. The Bertz CT molecular complexity index is 1360. The van der Waals surface area contributed by atoms with Crippen LogP contribution in [0.5, 0.6) is 0 Å². The van der Waals surface area contributed by atoms with E-state index in [-0.39, 0.29) is 22.9 Å². The number of anilines is 1. The molecule has 0 spiro atoms. The predicted molar refractivity (Wildman–Crippen MR) is 112 cm³/mol. The maximum atomic E-state index is 13.5. The molecule has 4 rings (SSSR count). The summed E-state index contributed by atoms with van der Waals surface area (Å²) in [6.45, 7) is 0. The van der Waals surface area contributed by atoms with Gasteiger partial charge in [0.25, 0.3) is 10.0 Å². The third-order valence-electron chi connectivity index (χ3n) is 4.38. The van der Waals surface area contributed by atoms with Gasteiger partial charge in [-0.05, 0) is 42.8 Å². The van der Waals surface area contributed by atoms with Crippen LogP contribution in [0.1, 0.15) is 12.1 Å². The van der Waals surface area contributed by atoms with E-state index in [4.69, 9.17) is 17.3 Å². The van der Waals surface area contributed by atoms with Crippen molar-refractivity contribution in [1.29, 1.82) is 0 Å². The summed E-state index contributed by atoms with van der Waals surface area (Å²) in [6, 6.07) is 9.36. The van der Waals surface area contributed by atoms with Crippen molar-refractivity contribution in [2.75, 3.05) is 12.8 Å². The molecule has 3 aromatic heterocycles. The van der Waals surface area contributed by atoms with Crippen LogP contribution >= 0.6 is 22.9 Å². The van der Waals surface area contributed by atoms with Gasteiger partial charge in [0.2, 0.25) is 0 Å². The molecule has 0 aliphatic rings. The number of fused-ring (bicyclic) bond motifs is 2. The first-order valence-corrected chi connectivity index (χ1v) is 11.1. The van der Waals surface area contributed by atoms with Crippen LogP contribution < -0.4 is 5.73 Å². The van der Waals surface area contributed by atoms with Gasteiger partial charge in [-0.15, -0.1) is 0 Å². The Balaban J connectivity index is 1.90. The largest absolute Gasteiger partial charge is 0.469 e. The number of carbonyl (C=O) groups excluding carboxylic acids is 1. The fourth-order valence-electron chi connectivity index (χ4n) is 3.07.